The topological polar surface area (TPSA) is 111 Å². The van der Waals surface area contributed by atoms with Crippen LogP contribution in [0.3, 0.4) is 0 Å². The van der Waals surface area contributed by atoms with Gasteiger partial charge in [-0.25, -0.2) is 13.4 Å². The van der Waals surface area contributed by atoms with E-state index in [1.54, 1.807) is 30.3 Å². The van der Waals surface area contributed by atoms with E-state index in [9.17, 15) is 13.2 Å². The van der Waals surface area contributed by atoms with E-state index in [0.29, 0.717) is 27.8 Å². The molecule has 176 valence electrons. The van der Waals surface area contributed by atoms with E-state index >= 15 is 0 Å². The number of carbonyl (C=O) groups excluding carboxylic acids is 1. The standard InChI is InChI=1S/C23H27N3O5S2/c1-15(22(27)24-16-8-4-3-5-9-16)32-23-25-19-14-17(12-13-21(19)31-23)33(28,29)26-18-10-6-7-11-20(18)30-2/h6-7,10-16,26H,3-5,8-9H2,1-2H3,(H,24,27). The van der Waals surface area contributed by atoms with Crippen LogP contribution < -0.4 is 14.8 Å². The van der Waals surface area contributed by atoms with Gasteiger partial charge in [0.15, 0.2) is 5.58 Å². The molecule has 1 aliphatic rings. The first-order valence-electron chi connectivity index (χ1n) is 10.9. The summed E-state index contributed by atoms with van der Waals surface area (Å²) in [4.78, 5) is 17.0. The lowest BCUT2D eigenvalue weighted by atomic mass is 9.95. The predicted molar refractivity (Wildman–Crippen MR) is 128 cm³/mol. The molecule has 1 heterocycles. The maximum Gasteiger partial charge on any atom is 0.262 e. The second-order valence-corrected chi connectivity index (χ2v) is 11.0. The second kappa shape index (κ2) is 10.0. The normalized spacial score (nSPS) is 15.8. The average molecular weight is 490 g/mol. The van der Waals surface area contributed by atoms with Gasteiger partial charge in [-0.1, -0.05) is 43.2 Å². The molecule has 3 aromatic rings. The fourth-order valence-electron chi connectivity index (χ4n) is 3.81. The minimum atomic E-state index is -3.86. The van der Waals surface area contributed by atoms with Gasteiger partial charge in [0.2, 0.25) is 5.91 Å². The highest BCUT2D eigenvalue weighted by atomic mass is 32.2. The lowest BCUT2D eigenvalue weighted by molar-refractivity contribution is -0.121. The molecule has 2 aromatic carbocycles. The number of amides is 1. The molecular weight excluding hydrogens is 462 g/mol. The quantitative estimate of drug-likeness (QED) is 0.446. The number of ether oxygens (including phenoxy) is 1. The van der Waals surface area contributed by atoms with Crippen molar-refractivity contribution in [3.8, 4) is 5.75 Å². The molecule has 0 saturated heterocycles. The minimum Gasteiger partial charge on any atom is -0.495 e. The number of hydrogen-bond donors (Lipinski definition) is 2. The second-order valence-electron chi connectivity index (χ2n) is 8.02. The summed E-state index contributed by atoms with van der Waals surface area (Å²) in [5.41, 5.74) is 1.20. The summed E-state index contributed by atoms with van der Waals surface area (Å²) in [6.45, 7) is 1.81. The van der Waals surface area contributed by atoms with Gasteiger partial charge in [0, 0.05) is 6.04 Å². The number of sulfonamides is 1. The third kappa shape index (κ3) is 5.62. The summed E-state index contributed by atoms with van der Waals surface area (Å²) in [6, 6.07) is 11.5. The Balaban J connectivity index is 1.47. The van der Waals surface area contributed by atoms with Gasteiger partial charge in [0.25, 0.3) is 15.2 Å². The molecule has 1 fully saturated rings. The van der Waals surface area contributed by atoms with Gasteiger partial charge in [0.1, 0.15) is 11.3 Å². The summed E-state index contributed by atoms with van der Waals surface area (Å²) >= 11 is 1.22. The highest BCUT2D eigenvalue weighted by Crippen LogP contribution is 2.30. The van der Waals surface area contributed by atoms with Gasteiger partial charge < -0.3 is 14.5 Å². The Kier molecular flexibility index (Phi) is 7.14. The van der Waals surface area contributed by atoms with Gasteiger partial charge in [-0.15, -0.1) is 0 Å². The van der Waals surface area contributed by atoms with Crippen LogP contribution in [0.4, 0.5) is 5.69 Å². The lowest BCUT2D eigenvalue weighted by Crippen LogP contribution is -2.40. The molecule has 4 rings (SSSR count). The van der Waals surface area contributed by atoms with Crippen LogP contribution in [0.2, 0.25) is 0 Å². The average Bonchev–Trinajstić information content (AvgIpc) is 3.21. The Labute approximate surface area is 197 Å². The van der Waals surface area contributed by atoms with Gasteiger partial charge in [-0.2, -0.15) is 0 Å². The van der Waals surface area contributed by atoms with Crippen LogP contribution in [0, 0.1) is 0 Å². The monoisotopic (exact) mass is 489 g/mol. The van der Waals surface area contributed by atoms with Crippen molar-refractivity contribution in [3.05, 3.63) is 42.5 Å². The van der Waals surface area contributed by atoms with Crippen molar-refractivity contribution in [2.75, 3.05) is 11.8 Å². The molecule has 1 aromatic heterocycles. The van der Waals surface area contributed by atoms with Gasteiger partial charge in [-0.3, -0.25) is 9.52 Å². The first kappa shape index (κ1) is 23.4. The molecule has 0 spiro atoms. The summed E-state index contributed by atoms with van der Waals surface area (Å²) < 4.78 is 39.3. The van der Waals surface area contributed by atoms with Crippen molar-refractivity contribution in [1.82, 2.24) is 10.3 Å². The van der Waals surface area contributed by atoms with E-state index in [2.05, 4.69) is 15.0 Å². The molecule has 33 heavy (non-hydrogen) atoms. The first-order chi connectivity index (χ1) is 15.9. The number of rotatable bonds is 8. The van der Waals surface area contributed by atoms with Crippen molar-refractivity contribution in [2.45, 2.75) is 60.4 Å². The Morgan fingerprint density at radius 3 is 2.70 bits per heavy atom. The van der Waals surface area contributed by atoms with Gasteiger partial charge >= 0.3 is 0 Å². The molecule has 1 saturated carbocycles. The molecule has 2 N–H and O–H groups in total. The molecule has 8 nitrogen and oxygen atoms in total. The first-order valence-corrected chi connectivity index (χ1v) is 13.3. The summed E-state index contributed by atoms with van der Waals surface area (Å²) in [5, 5.41) is 3.05. The molecule has 0 bridgehead atoms. The molecule has 1 aliphatic carbocycles. The van der Waals surface area contributed by atoms with Crippen LogP contribution in [-0.2, 0) is 14.8 Å². The van der Waals surface area contributed by atoms with Crippen molar-refractivity contribution < 1.29 is 22.4 Å². The number of methoxy groups -OCH3 is 1. The third-order valence-electron chi connectivity index (χ3n) is 5.60. The number of nitrogens with zero attached hydrogens (tertiary/aromatic N) is 1. The molecule has 0 radical (unpaired) electrons. The van der Waals surface area contributed by atoms with E-state index in [0.717, 1.165) is 25.7 Å². The molecule has 1 amide bonds. The smallest absolute Gasteiger partial charge is 0.262 e. The van der Waals surface area contributed by atoms with E-state index < -0.39 is 10.0 Å². The highest BCUT2D eigenvalue weighted by molar-refractivity contribution is 8.00. The number of fused-ring (bicyclic) bond motifs is 1. The zero-order valence-electron chi connectivity index (χ0n) is 18.5. The van der Waals surface area contributed by atoms with E-state index in [1.165, 1.54) is 37.4 Å². The largest absolute Gasteiger partial charge is 0.495 e. The van der Waals surface area contributed by atoms with Crippen LogP contribution in [0.1, 0.15) is 39.0 Å². The Bertz CT molecular complexity index is 1240. The van der Waals surface area contributed by atoms with Gasteiger partial charge in [-0.05, 0) is 50.1 Å². The molecule has 1 atom stereocenters. The maximum absolute atomic E-state index is 12.9. The van der Waals surface area contributed by atoms with E-state index in [-0.39, 0.29) is 22.1 Å². The van der Waals surface area contributed by atoms with Crippen molar-refractivity contribution >= 4 is 44.5 Å². The lowest BCUT2D eigenvalue weighted by Gasteiger charge is -2.23. The molecular formula is C23H27N3O5S2. The number of carbonyl (C=O) groups is 1. The summed E-state index contributed by atoms with van der Waals surface area (Å²) in [6.07, 6.45) is 5.56. The molecule has 0 aliphatic heterocycles. The third-order valence-corrected chi connectivity index (χ3v) is 7.91. The number of aromatic nitrogens is 1. The fraction of sp³-hybridized carbons (Fsp3) is 0.391. The summed E-state index contributed by atoms with van der Waals surface area (Å²) in [5.74, 6) is 0.376. The van der Waals surface area contributed by atoms with Crippen LogP contribution in [0.15, 0.2) is 57.0 Å². The number of oxazole rings is 1. The number of benzene rings is 2. The zero-order chi connectivity index (χ0) is 23.4. The highest BCUT2D eigenvalue weighted by Gasteiger charge is 2.23. The summed E-state index contributed by atoms with van der Waals surface area (Å²) in [7, 11) is -2.39. The van der Waals surface area contributed by atoms with Crippen molar-refractivity contribution in [1.29, 1.82) is 0 Å². The molecule has 10 heteroatoms. The Morgan fingerprint density at radius 1 is 1.18 bits per heavy atom. The van der Waals surface area contributed by atoms with Crippen LogP contribution in [-0.4, -0.2) is 37.7 Å². The number of para-hydroxylation sites is 2. The van der Waals surface area contributed by atoms with E-state index in [1.807, 2.05) is 6.92 Å². The zero-order valence-corrected chi connectivity index (χ0v) is 20.2. The number of nitrogens with one attached hydrogen (secondary N) is 2. The Morgan fingerprint density at radius 2 is 1.94 bits per heavy atom. The fourth-order valence-corrected chi connectivity index (χ4v) is 5.66. The van der Waals surface area contributed by atoms with Gasteiger partial charge in [0.05, 0.1) is 22.9 Å². The predicted octanol–water partition coefficient (Wildman–Crippen LogP) is 4.57. The van der Waals surface area contributed by atoms with Crippen LogP contribution in [0.25, 0.3) is 11.1 Å². The van der Waals surface area contributed by atoms with Crippen LogP contribution in [0.5, 0.6) is 5.75 Å². The maximum atomic E-state index is 12.9. The SMILES string of the molecule is COc1ccccc1NS(=O)(=O)c1ccc2oc(SC(C)C(=O)NC3CCCCC3)nc2c1. The number of anilines is 1. The van der Waals surface area contributed by atoms with Crippen LogP contribution >= 0.6 is 11.8 Å². The number of hydrogen-bond acceptors (Lipinski definition) is 7. The Hall–Kier alpha value is -2.72. The van der Waals surface area contributed by atoms with E-state index in [4.69, 9.17) is 9.15 Å². The number of thioether (sulfide) groups is 1. The molecule has 1 unspecified atom stereocenters. The van der Waals surface area contributed by atoms with Crippen molar-refractivity contribution in [3.63, 3.8) is 0 Å². The van der Waals surface area contributed by atoms with Crippen molar-refractivity contribution in [2.24, 2.45) is 0 Å². The minimum absolute atomic E-state index is 0.0431.